The maximum absolute atomic E-state index is 5.21. The summed E-state index contributed by atoms with van der Waals surface area (Å²) in [5.41, 5.74) is 0. The van der Waals surface area contributed by atoms with E-state index in [1.165, 1.54) is 32.1 Å². The first-order chi connectivity index (χ1) is 7.65. The molecule has 0 bridgehead atoms. The molecule has 2 unspecified atom stereocenters. The number of hydrogen-bond acceptors (Lipinski definition) is 2. The van der Waals surface area contributed by atoms with Crippen LogP contribution in [-0.4, -0.2) is 20.5 Å². The molecule has 0 heterocycles. The molecule has 2 nitrogen and oxygen atoms in total. The molecule has 2 atom stereocenters. The zero-order valence-electron chi connectivity index (χ0n) is 11.8. The van der Waals surface area contributed by atoms with Crippen LogP contribution in [0.4, 0.5) is 0 Å². The Morgan fingerprint density at radius 3 is 1.88 bits per heavy atom. The Labute approximate surface area is 102 Å². The first-order valence-electron chi connectivity index (χ1n) is 6.71. The van der Waals surface area contributed by atoms with E-state index in [4.69, 9.17) is 9.47 Å². The maximum Gasteiger partial charge on any atom is 0.156 e. The van der Waals surface area contributed by atoms with Crippen molar-refractivity contribution in [3.63, 3.8) is 0 Å². The van der Waals surface area contributed by atoms with Crippen molar-refractivity contribution >= 4 is 0 Å². The van der Waals surface area contributed by atoms with Gasteiger partial charge >= 0.3 is 0 Å². The lowest BCUT2D eigenvalue weighted by Crippen LogP contribution is -2.16. The minimum atomic E-state index is -0.0229. The topological polar surface area (TPSA) is 18.5 Å². The van der Waals surface area contributed by atoms with E-state index < -0.39 is 0 Å². The molecule has 0 spiro atoms. The van der Waals surface area contributed by atoms with Crippen molar-refractivity contribution in [2.45, 2.75) is 65.6 Å². The molecule has 0 rings (SSSR count). The van der Waals surface area contributed by atoms with Crippen LogP contribution in [0.5, 0.6) is 0 Å². The standard InChI is InChI=1S/C14H30O2/c1-6-7-8-9-12(2)13(3)10-11-14(15-4)16-5/h12-14H,6-11H2,1-5H3. The van der Waals surface area contributed by atoms with Gasteiger partial charge in [-0.2, -0.15) is 0 Å². The third-order valence-electron chi connectivity index (χ3n) is 3.62. The molecule has 0 saturated heterocycles. The van der Waals surface area contributed by atoms with E-state index in [-0.39, 0.29) is 6.29 Å². The summed E-state index contributed by atoms with van der Waals surface area (Å²) in [6, 6.07) is 0. The summed E-state index contributed by atoms with van der Waals surface area (Å²) in [5, 5.41) is 0. The predicted molar refractivity (Wildman–Crippen MR) is 69.5 cm³/mol. The maximum atomic E-state index is 5.21. The minimum Gasteiger partial charge on any atom is -0.356 e. The smallest absolute Gasteiger partial charge is 0.156 e. The van der Waals surface area contributed by atoms with Gasteiger partial charge in [0, 0.05) is 14.2 Å². The second kappa shape index (κ2) is 10.1. The molecule has 0 N–H and O–H groups in total. The lowest BCUT2D eigenvalue weighted by molar-refractivity contribution is -0.109. The Bertz CT molecular complexity index is 144. The van der Waals surface area contributed by atoms with Crippen LogP contribution in [0.25, 0.3) is 0 Å². The van der Waals surface area contributed by atoms with Gasteiger partial charge in [-0.1, -0.05) is 46.5 Å². The van der Waals surface area contributed by atoms with Gasteiger partial charge in [-0.05, 0) is 24.7 Å². The molecule has 0 aromatic rings. The van der Waals surface area contributed by atoms with Crippen LogP contribution in [0.2, 0.25) is 0 Å². The highest BCUT2D eigenvalue weighted by atomic mass is 16.7. The van der Waals surface area contributed by atoms with E-state index in [2.05, 4.69) is 20.8 Å². The predicted octanol–water partition coefficient (Wildman–Crippen LogP) is 4.24. The van der Waals surface area contributed by atoms with Gasteiger partial charge in [0.15, 0.2) is 6.29 Å². The number of unbranched alkanes of at least 4 members (excludes halogenated alkanes) is 2. The van der Waals surface area contributed by atoms with Gasteiger partial charge in [0.1, 0.15) is 0 Å². The van der Waals surface area contributed by atoms with E-state index in [9.17, 15) is 0 Å². The Balaban J connectivity index is 3.64. The van der Waals surface area contributed by atoms with Crippen molar-refractivity contribution in [1.29, 1.82) is 0 Å². The minimum absolute atomic E-state index is 0.0229. The Morgan fingerprint density at radius 1 is 0.812 bits per heavy atom. The molecule has 98 valence electrons. The summed E-state index contributed by atoms with van der Waals surface area (Å²) in [4.78, 5) is 0. The molecule has 0 aliphatic heterocycles. The highest BCUT2D eigenvalue weighted by Crippen LogP contribution is 2.23. The van der Waals surface area contributed by atoms with Gasteiger partial charge in [-0.3, -0.25) is 0 Å². The second-order valence-electron chi connectivity index (χ2n) is 4.93. The fraction of sp³-hybridized carbons (Fsp3) is 1.00. The molecule has 0 aliphatic rings. The van der Waals surface area contributed by atoms with Crippen LogP contribution >= 0.6 is 0 Å². The van der Waals surface area contributed by atoms with E-state index in [0.29, 0.717) is 0 Å². The largest absolute Gasteiger partial charge is 0.356 e. The molecule has 0 aliphatic carbocycles. The number of methoxy groups -OCH3 is 2. The van der Waals surface area contributed by atoms with Crippen LogP contribution in [0.1, 0.15) is 59.3 Å². The van der Waals surface area contributed by atoms with Crippen LogP contribution in [0.15, 0.2) is 0 Å². The van der Waals surface area contributed by atoms with Gasteiger partial charge in [-0.15, -0.1) is 0 Å². The number of ether oxygens (including phenoxy) is 2. The normalized spacial score (nSPS) is 15.4. The molecular formula is C14H30O2. The summed E-state index contributed by atoms with van der Waals surface area (Å²) >= 11 is 0. The summed E-state index contributed by atoms with van der Waals surface area (Å²) in [5.74, 6) is 1.59. The Morgan fingerprint density at radius 2 is 1.38 bits per heavy atom. The van der Waals surface area contributed by atoms with Crippen molar-refractivity contribution in [3.05, 3.63) is 0 Å². The molecule has 0 radical (unpaired) electrons. The van der Waals surface area contributed by atoms with Crippen molar-refractivity contribution < 1.29 is 9.47 Å². The van der Waals surface area contributed by atoms with Crippen LogP contribution in [0, 0.1) is 11.8 Å². The second-order valence-corrected chi connectivity index (χ2v) is 4.93. The Kier molecular flexibility index (Phi) is 10.0. The average Bonchev–Trinajstić information content (AvgIpc) is 2.30. The molecule has 0 fully saturated rings. The van der Waals surface area contributed by atoms with Gasteiger partial charge in [0.05, 0.1) is 0 Å². The molecule has 0 amide bonds. The SMILES string of the molecule is CCCCCC(C)C(C)CCC(OC)OC. The highest BCUT2D eigenvalue weighted by molar-refractivity contribution is 4.63. The van der Waals surface area contributed by atoms with Crippen molar-refractivity contribution in [1.82, 2.24) is 0 Å². The zero-order valence-corrected chi connectivity index (χ0v) is 11.8. The third kappa shape index (κ3) is 7.24. The van der Waals surface area contributed by atoms with Crippen LogP contribution < -0.4 is 0 Å². The summed E-state index contributed by atoms with van der Waals surface area (Å²) in [6.07, 6.45) is 7.60. The van der Waals surface area contributed by atoms with E-state index in [1.54, 1.807) is 14.2 Å². The van der Waals surface area contributed by atoms with Crippen molar-refractivity contribution in [3.8, 4) is 0 Å². The number of rotatable bonds is 10. The molecule has 16 heavy (non-hydrogen) atoms. The number of hydrogen-bond donors (Lipinski definition) is 0. The van der Waals surface area contributed by atoms with E-state index >= 15 is 0 Å². The summed E-state index contributed by atoms with van der Waals surface area (Å²) in [6.45, 7) is 6.98. The zero-order chi connectivity index (χ0) is 12.4. The molecule has 0 saturated carbocycles. The first kappa shape index (κ1) is 15.9. The quantitative estimate of drug-likeness (QED) is 0.413. The van der Waals surface area contributed by atoms with Crippen molar-refractivity contribution in [2.24, 2.45) is 11.8 Å². The fourth-order valence-electron chi connectivity index (χ4n) is 2.02. The summed E-state index contributed by atoms with van der Waals surface area (Å²) in [7, 11) is 3.42. The van der Waals surface area contributed by atoms with Gasteiger partial charge in [0.2, 0.25) is 0 Å². The summed E-state index contributed by atoms with van der Waals surface area (Å²) < 4.78 is 10.4. The van der Waals surface area contributed by atoms with Gasteiger partial charge in [0.25, 0.3) is 0 Å². The average molecular weight is 230 g/mol. The Hall–Kier alpha value is -0.0800. The van der Waals surface area contributed by atoms with E-state index in [0.717, 1.165) is 18.3 Å². The first-order valence-corrected chi connectivity index (χ1v) is 6.71. The monoisotopic (exact) mass is 230 g/mol. The highest BCUT2D eigenvalue weighted by Gasteiger charge is 2.14. The molecule has 0 aromatic heterocycles. The van der Waals surface area contributed by atoms with Crippen molar-refractivity contribution in [2.75, 3.05) is 14.2 Å². The molecule has 0 aromatic carbocycles. The third-order valence-corrected chi connectivity index (χ3v) is 3.62. The fourth-order valence-corrected chi connectivity index (χ4v) is 2.02. The lowest BCUT2D eigenvalue weighted by Gasteiger charge is -2.22. The van der Waals surface area contributed by atoms with Crippen LogP contribution in [-0.2, 0) is 9.47 Å². The van der Waals surface area contributed by atoms with E-state index in [1.807, 2.05) is 0 Å². The van der Waals surface area contributed by atoms with Crippen LogP contribution in [0.3, 0.4) is 0 Å². The van der Waals surface area contributed by atoms with Gasteiger partial charge in [-0.25, -0.2) is 0 Å². The lowest BCUT2D eigenvalue weighted by atomic mass is 9.87. The molecular weight excluding hydrogens is 200 g/mol. The molecule has 2 heteroatoms. The van der Waals surface area contributed by atoms with Gasteiger partial charge < -0.3 is 9.47 Å².